The Kier molecular flexibility index (Phi) is 5.96. The number of halogens is 1. The average Bonchev–Trinajstić information content (AvgIpc) is 3.04. The van der Waals surface area contributed by atoms with Crippen molar-refractivity contribution >= 4 is 30.1 Å². The quantitative estimate of drug-likeness (QED) is 0.879. The Labute approximate surface area is 136 Å². The summed E-state index contributed by atoms with van der Waals surface area (Å²) >= 11 is 1.98. The first-order valence-corrected chi connectivity index (χ1v) is 8.56. The lowest BCUT2D eigenvalue weighted by Crippen LogP contribution is -2.56. The van der Waals surface area contributed by atoms with Crippen LogP contribution in [0.25, 0.3) is 0 Å². The first-order valence-electron chi connectivity index (χ1n) is 7.41. The number of nitrogens with one attached hydrogen (secondary N) is 2. The van der Waals surface area contributed by atoms with Gasteiger partial charge in [0, 0.05) is 18.4 Å². The molecular weight excluding hydrogens is 308 g/mol. The first kappa shape index (κ1) is 16.6. The maximum absolute atomic E-state index is 12.9. The molecule has 2 fully saturated rings. The third kappa shape index (κ3) is 3.55. The number of thioether (sulfide) groups is 1. The van der Waals surface area contributed by atoms with E-state index < -0.39 is 5.54 Å². The molecule has 0 radical (unpaired) electrons. The van der Waals surface area contributed by atoms with Crippen molar-refractivity contribution in [2.45, 2.75) is 37.3 Å². The van der Waals surface area contributed by atoms with Crippen molar-refractivity contribution in [1.82, 2.24) is 20.4 Å². The summed E-state index contributed by atoms with van der Waals surface area (Å²) in [6, 6.07) is 2.24. The lowest BCUT2D eigenvalue weighted by Gasteiger charge is -2.38. The highest BCUT2D eigenvalue weighted by atomic mass is 35.5. The minimum Gasteiger partial charge on any atom is -0.351 e. The SMILES string of the molecule is Cl.O=C(NC1CCSCC1)C1(n2cccn2)CCNCC1. The largest absolute Gasteiger partial charge is 0.351 e. The minimum absolute atomic E-state index is 0. The Bertz CT molecular complexity index is 442. The van der Waals surface area contributed by atoms with Gasteiger partial charge in [0.15, 0.2) is 0 Å². The summed E-state index contributed by atoms with van der Waals surface area (Å²) in [5.74, 6) is 2.46. The smallest absolute Gasteiger partial charge is 0.248 e. The molecule has 1 amide bonds. The molecule has 0 unspecified atom stereocenters. The van der Waals surface area contributed by atoms with E-state index in [4.69, 9.17) is 0 Å². The monoisotopic (exact) mass is 330 g/mol. The van der Waals surface area contributed by atoms with Crippen molar-refractivity contribution in [3.8, 4) is 0 Å². The Morgan fingerprint density at radius 2 is 2.05 bits per heavy atom. The highest BCUT2D eigenvalue weighted by Gasteiger charge is 2.42. The zero-order valence-corrected chi connectivity index (χ0v) is 13.7. The maximum atomic E-state index is 12.9. The van der Waals surface area contributed by atoms with E-state index in [-0.39, 0.29) is 18.3 Å². The van der Waals surface area contributed by atoms with E-state index >= 15 is 0 Å². The number of hydrogen-bond acceptors (Lipinski definition) is 4. The minimum atomic E-state index is -0.501. The zero-order valence-electron chi connectivity index (χ0n) is 12.1. The molecule has 2 aliphatic rings. The van der Waals surface area contributed by atoms with Gasteiger partial charge in [0.25, 0.3) is 0 Å². The van der Waals surface area contributed by atoms with Crippen LogP contribution in [0.15, 0.2) is 18.5 Å². The third-order valence-corrected chi connectivity index (χ3v) is 5.40. The van der Waals surface area contributed by atoms with Crippen LogP contribution in [-0.2, 0) is 10.3 Å². The van der Waals surface area contributed by atoms with E-state index in [9.17, 15) is 4.79 Å². The summed E-state index contributed by atoms with van der Waals surface area (Å²) in [4.78, 5) is 12.9. The summed E-state index contributed by atoms with van der Waals surface area (Å²) in [5.41, 5.74) is -0.501. The van der Waals surface area contributed by atoms with Crippen LogP contribution < -0.4 is 10.6 Å². The molecule has 1 aromatic rings. The van der Waals surface area contributed by atoms with E-state index in [0.29, 0.717) is 6.04 Å². The van der Waals surface area contributed by atoms with Crippen molar-refractivity contribution in [3.05, 3.63) is 18.5 Å². The second kappa shape index (κ2) is 7.51. The highest BCUT2D eigenvalue weighted by Crippen LogP contribution is 2.28. The van der Waals surface area contributed by atoms with Gasteiger partial charge in [-0.25, -0.2) is 0 Å². The van der Waals surface area contributed by atoms with E-state index in [1.807, 2.05) is 28.7 Å². The molecule has 0 bridgehead atoms. The van der Waals surface area contributed by atoms with E-state index in [1.54, 1.807) is 6.20 Å². The van der Waals surface area contributed by atoms with Gasteiger partial charge in [-0.3, -0.25) is 9.48 Å². The second-order valence-electron chi connectivity index (χ2n) is 5.59. The number of nitrogens with zero attached hydrogens (tertiary/aromatic N) is 2. The average molecular weight is 331 g/mol. The first-order chi connectivity index (χ1) is 9.81. The van der Waals surface area contributed by atoms with Crippen LogP contribution in [0, 0.1) is 0 Å². The van der Waals surface area contributed by atoms with Crippen LogP contribution in [0.5, 0.6) is 0 Å². The van der Waals surface area contributed by atoms with Crippen molar-refractivity contribution in [2.75, 3.05) is 24.6 Å². The fourth-order valence-corrected chi connectivity index (χ4v) is 4.19. The van der Waals surface area contributed by atoms with E-state index in [0.717, 1.165) is 50.3 Å². The molecule has 0 spiro atoms. The van der Waals surface area contributed by atoms with E-state index in [1.165, 1.54) is 0 Å². The number of carbonyl (C=O) groups excluding carboxylic acids is 1. The summed E-state index contributed by atoms with van der Waals surface area (Å²) < 4.78 is 1.86. The number of hydrogen-bond donors (Lipinski definition) is 2. The van der Waals surface area contributed by atoms with Gasteiger partial charge in [-0.2, -0.15) is 16.9 Å². The van der Waals surface area contributed by atoms with E-state index in [2.05, 4.69) is 15.7 Å². The summed E-state index contributed by atoms with van der Waals surface area (Å²) in [7, 11) is 0. The predicted molar refractivity (Wildman–Crippen MR) is 88.0 cm³/mol. The molecule has 2 saturated heterocycles. The molecule has 2 N–H and O–H groups in total. The summed E-state index contributed by atoms with van der Waals surface area (Å²) in [6.45, 7) is 1.74. The summed E-state index contributed by atoms with van der Waals surface area (Å²) in [5, 5.41) is 11.0. The Hall–Kier alpha value is -0.720. The Morgan fingerprint density at radius 1 is 1.33 bits per heavy atom. The highest BCUT2D eigenvalue weighted by molar-refractivity contribution is 7.99. The molecule has 2 aliphatic heterocycles. The number of rotatable bonds is 3. The maximum Gasteiger partial charge on any atom is 0.248 e. The molecule has 0 aromatic carbocycles. The van der Waals surface area contributed by atoms with Crippen molar-refractivity contribution in [1.29, 1.82) is 0 Å². The second-order valence-corrected chi connectivity index (χ2v) is 6.82. The molecule has 3 rings (SSSR count). The zero-order chi connectivity index (χ0) is 13.8. The molecule has 5 nitrogen and oxygen atoms in total. The van der Waals surface area contributed by atoms with Crippen LogP contribution in [0.2, 0.25) is 0 Å². The van der Waals surface area contributed by atoms with Crippen LogP contribution in [-0.4, -0.2) is 46.3 Å². The van der Waals surface area contributed by atoms with Crippen molar-refractivity contribution in [3.63, 3.8) is 0 Å². The molecule has 1 aromatic heterocycles. The normalized spacial score (nSPS) is 22.3. The lowest BCUT2D eigenvalue weighted by molar-refractivity contribution is -0.132. The van der Waals surface area contributed by atoms with Crippen LogP contribution in [0.4, 0.5) is 0 Å². The van der Waals surface area contributed by atoms with Gasteiger partial charge >= 0.3 is 0 Å². The van der Waals surface area contributed by atoms with Gasteiger partial charge in [-0.1, -0.05) is 0 Å². The lowest BCUT2D eigenvalue weighted by atomic mass is 9.87. The molecule has 0 aliphatic carbocycles. The number of carbonyl (C=O) groups is 1. The van der Waals surface area contributed by atoms with Gasteiger partial charge < -0.3 is 10.6 Å². The topological polar surface area (TPSA) is 59.0 Å². The summed E-state index contributed by atoms with van der Waals surface area (Å²) in [6.07, 6.45) is 7.47. The van der Waals surface area contributed by atoms with Crippen molar-refractivity contribution in [2.24, 2.45) is 0 Å². The molecule has 21 heavy (non-hydrogen) atoms. The molecule has 0 saturated carbocycles. The van der Waals surface area contributed by atoms with Gasteiger partial charge in [0.1, 0.15) is 5.54 Å². The van der Waals surface area contributed by atoms with Crippen LogP contribution >= 0.6 is 24.2 Å². The van der Waals surface area contributed by atoms with Crippen molar-refractivity contribution < 1.29 is 4.79 Å². The molecular formula is C14H23ClN4OS. The fraction of sp³-hybridized carbons (Fsp3) is 0.714. The van der Waals surface area contributed by atoms with Gasteiger partial charge in [0.2, 0.25) is 5.91 Å². The molecule has 7 heteroatoms. The number of amides is 1. The van der Waals surface area contributed by atoms with Crippen LogP contribution in [0.3, 0.4) is 0 Å². The number of piperidine rings is 1. The Balaban J connectivity index is 0.00000161. The van der Waals surface area contributed by atoms with Gasteiger partial charge in [0.05, 0.1) is 0 Å². The Morgan fingerprint density at radius 3 is 2.67 bits per heavy atom. The third-order valence-electron chi connectivity index (χ3n) is 4.35. The standard InChI is InChI=1S/C14H22N4OS.ClH/c19-13(17-12-2-10-20-11-3-12)14(4-7-15-8-5-14)18-9-1-6-16-18;/h1,6,9,12,15H,2-5,7-8,10-11H2,(H,17,19);1H. The van der Waals surface area contributed by atoms with Crippen LogP contribution in [0.1, 0.15) is 25.7 Å². The number of aromatic nitrogens is 2. The van der Waals surface area contributed by atoms with Gasteiger partial charge in [-0.05, 0) is 56.3 Å². The predicted octanol–water partition coefficient (Wildman–Crippen LogP) is 1.40. The fourth-order valence-electron chi connectivity index (χ4n) is 3.08. The molecule has 118 valence electrons. The van der Waals surface area contributed by atoms with Gasteiger partial charge in [-0.15, -0.1) is 12.4 Å². The molecule has 3 heterocycles. The molecule has 0 atom stereocenters.